The summed E-state index contributed by atoms with van der Waals surface area (Å²) >= 11 is 3.09. The lowest BCUT2D eigenvalue weighted by Gasteiger charge is -2.45. The van der Waals surface area contributed by atoms with E-state index in [1.165, 1.54) is 27.5 Å². The Balaban J connectivity index is 1.43. The minimum Gasteiger partial charge on any atom is -0.393 e. The van der Waals surface area contributed by atoms with E-state index in [0.29, 0.717) is 61.9 Å². The third kappa shape index (κ3) is 7.21. The number of thiophene rings is 2. The summed E-state index contributed by atoms with van der Waals surface area (Å²) in [6, 6.07) is 20.0. The molecule has 0 radical (unpaired) electrons. The third-order valence-corrected chi connectivity index (χ3v) is 14.0. The van der Waals surface area contributed by atoms with Crippen molar-refractivity contribution < 1.29 is 23.4 Å². The molecule has 2 heterocycles. The van der Waals surface area contributed by atoms with Crippen molar-refractivity contribution in [2.75, 3.05) is 19.3 Å². The number of ketones is 1. The van der Waals surface area contributed by atoms with Crippen LogP contribution in [0.3, 0.4) is 0 Å². The van der Waals surface area contributed by atoms with E-state index in [0.717, 1.165) is 32.5 Å². The van der Waals surface area contributed by atoms with Gasteiger partial charge in [0, 0.05) is 33.6 Å². The highest BCUT2D eigenvalue weighted by Gasteiger charge is 2.57. The number of aliphatic hydroxyl groups excluding tert-OH is 1. The SMILES string of the molecule is CC1=CCCC2(C)C(CCC2(O)CN(CCc2cccs2)S(C)(=O)=O)c2ccc(cc2C(=O)c2cc3ccccc3s2)CC(O)CC1. The van der Waals surface area contributed by atoms with E-state index in [-0.39, 0.29) is 18.2 Å². The van der Waals surface area contributed by atoms with Gasteiger partial charge in [0.25, 0.3) is 0 Å². The van der Waals surface area contributed by atoms with Crippen LogP contribution in [0, 0.1) is 5.41 Å². The van der Waals surface area contributed by atoms with Gasteiger partial charge in [0.1, 0.15) is 0 Å². The van der Waals surface area contributed by atoms with Crippen LogP contribution < -0.4 is 0 Å². The van der Waals surface area contributed by atoms with Crippen LogP contribution in [0.2, 0.25) is 0 Å². The molecule has 47 heavy (non-hydrogen) atoms. The highest BCUT2D eigenvalue weighted by Crippen LogP contribution is 2.59. The smallest absolute Gasteiger partial charge is 0.211 e. The Morgan fingerprint density at radius 1 is 1.06 bits per heavy atom. The zero-order valence-electron chi connectivity index (χ0n) is 27.4. The molecule has 1 fully saturated rings. The summed E-state index contributed by atoms with van der Waals surface area (Å²) < 4.78 is 28.8. The van der Waals surface area contributed by atoms with Gasteiger partial charge in [-0.15, -0.1) is 22.7 Å². The second-order valence-corrected chi connectivity index (χ2v) is 17.9. The van der Waals surface area contributed by atoms with E-state index in [2.05, 4.69) is 19.9 Å². The van der Waals surface area contributed by atoms with Crippen molar-refractivity contribution in [2.24, 2.45) is 5.41 Å². The van der Waals surface area contributed by atoms with E-state index in [9.17, 15) is 23.4 Å². The molecule has 2 aromatic heterocycles. The van der Waals surface area contributed by atoms with Gasteiger partial charge >= 0.3 is 0 Å². The van der Waals surface area contributed by atoms with Crippen LogP contribution in [-0.2, 0) is 22.9 Å². The molecular weight excluding hydrogens is 647 g/mol. The average Bonchev–Trinajstić information content (AvgIpc) is 3.76. The number of hydrogen-bond acceptors (Lipinski definition) is 7. The van der Waals surface area contributed by atoms with E-state index < -0.39 is 27.1 Å². The summed E-state index contributed by atoms with van der Waals surface area (Å²) in [6.07, 6.45) is 7.76. The Labute approximate surface area is 286 Å². The Morgan fingerprint density at radius 3 is 2.62 bits per heavy atom. The van der Waals surface area contributed by atoms with Crippen LogP contribution in [0.4, 0.5) is 0 Å². The number of rotatable bonds is 8. The van der Waals surface area contributed by atoms with Gasteiger partial charge in [0.2, 0.25) is 15.8 Å². The molecule has 4 aromatic rings. The number of sulfonamides is 1. The molecule has 0 amide bonds. The number of carbonyl (C=O) groups excluding carboxylic acids is 1. The number of benzene rings is 2. The van der Waals surface area contributed by atoms with Crippen molar-refractivity contribution in [3.63, 3.8) is 0 Å². The van der Waals surface area contributed by atoms with Crippen molar-refractivity contribution in [1.82, 2.24) is 4.31 Å². The standard InChI is InChI=1S/C38H45NO5S3/c1-26-8-6-18-37(2)33(16-19-38(37,42)25-39(47(3,43)44)20-17-30-10-7-21-45-30)31-15-13-27(22-29(40)14-12-26)23-32(31)36(41)35-24-28-9-4-5-11-34(28)46-35/h4-5,7-11,13,15,21,23-24,29,33,40,42H,6,12,14,16-20,22,25H2,1-3H3. The van der Waals surface area contributed by atoms with Crippen molar-refractivity contribution in [1.29, 1.82) is 0 Å². The summed E-state index contributed by atoms with van der Waals surface area (Å²) in [5.41, 5.74) is 1.61. The first-order valence-electron chi connectivity index (χ1n) is 16.6. The summed E-state index contributed by atoms with van der Waals surface area (Å²) in [5, 5.41) is 26.6. The monoisotopic (exact) mass is 691 g/mol. The normalized spacial score (nSPS) is 25.5. The van der Waals surface area contributed by atoms with E-state index in [1.807, 2.05) is 66.0 Å². The molecule has 0 aliphatic heterocycles. The fraction of sp³-hybridized carbons (Fsp3) is 0.447. The first-order chi connectivity index (χ1) is 22.4. The molecule has 2 bridgehead atoms. The lowest BCUT2D eigenvalue weighted by molar-refractivity contribution is -0.0722. The zero-order chi connectivity index (χ0) is 33.4. The van der Waals surface area contributed by atoms with Crippen LogP contribution >= 0.6 is 22.7 Å². The minimum atomic E-state index is -3.60. The van der Waals surface area contributed by atoms with Crippen LogP contribution in [0.15, 0.2) is 77.7 Å². The lowest BCUT2D eigenvalue weighted by atomic mass is 9.65. The zero-order valence-corrected chi connectivity index (χ0v) is 29.9. The van der Waals surface area contributed by atoms with Gasteiger partial charge in [-0.1, -0.05) is 55.0 Å². The first-order valence-corrected chi connectivity index (χ1v) is 20.1. The second-order valence-electron chi connectivity index (χ2n) is 13.9. The maximum Gasteiger partial charge on any atom is 0.211 e. The van der Waals surface area contributed by atoms with Gasteiger partial charge < -0.3 is 10.2 Å². The van der Waals surface area contributed by atoms with Gasteiger partial charge in [0.15, 0.2) is 0 Å². The molecule has 3 aliphatic carbocycles. The fourth-order valence-electron chi connectivity index (χ4n) is 7.77. The lowest BCUT2D eigenvalue weighted by Crippen LogP contribution is -2.54. The minimum absolute atomic E-state index is 0.0107. The number of hydrogen-bond donors (Lipinski definition) is 2. The van der Waals surface area contributed by atoms with Gasteiger partial charge in [0.05, 0.1) is 22.8 Å². The highest BCUT2D eigenvalue weighted by atomic mass is 32.2. The number of nitrogens with zero attached hydrogens (tertiary/aromatic N) is 1. The van der Waals surface area contributed by atoms with Gasteiger partial charge in [-0.05, 0) is 110 Å². The van der Waals surface area contributed by atoms with Crippen molar-refractivity contribution >= 4 is 48.6 Å². The van der Waals surface area contributed by atoms with E-state index in [4.69, 9.17) is 0 Å². The van der Waals surface area contributed by atoms with Gasteiger partial charge in [-0.2, -0.15) is 4.31 Å². The van der Waals surface area contributed by atoms with Gasteiger partial charge in [-0.3, -0.25) is 4.79 Å². The highest BCUT2D eigenvalue weighted by molar-refractivity contribution is 7.88. The molecule has 2 N–H and O–H groups in total. The molecule has 9 heteroatoms. The molecule has 0 saturated heterocycles. The predicted octanol–water partition coefficient (Wildman–Crippen LogP) is 7.74. The molecule has 0 spiro atoms. The largest absolute Gasteiger partial charge is 0.393 e. The van der Waals surface area contributed by atoms with Gasteiger partial charge in [-0.25, -0.2) is 8.42 Å². The van der Waals surface area contributed by atoms with E-state index in [1.54, 1.807) is 11.3 Å². The van der Waals surface area contributed by atoms with Crippen molar-refractivity contribution in [2.45, 2.75) is 82.8 Å². The molecule has 3 aliphatic rings. The molecule has 4 unspecified atom stereocenters. The molecule has 7 rings (SSSR count). The number of allylic oxidation sites excluding steroid dienone is 2. The van der Waals surface area contributed by atoms with Crippen molar-refractivity contribution in [3.8, 4) is 0 Å². The Bertz CT molecular complexity index is 1840. The Hall–Kier alpha value is -2.66. The topological polar surface area (TPSA) is 94.9 Å². The molecule has 2 aromatic carbocycles. The number of fused-ring (bicyclic) bond motifs is 9. The summed E-state index contributed by atoms with van der Waals surface area (Å²) in [6.45, 7) is 4.50. The summed E-state index contributed by atoms with van der Waals surface area (Å²) in [7, 11) is -3.60. The first kappa shape index (κ1) is 34.2. The molecule has 4 atom stereocenters. The Morgan fingerprint density at radius 2 is 1.87 bits per heavy atom. The van der Waals surface area contributed by atoms with Crippen LogP contribution in [-0.4, -0.2) is 59.8 Å². The average molecular weight is 692 g/mol. The van der Waals surface area contributed by atoms with Crippen LogP contribution in [0.25, 0.3) is 10.1 Å². The maximum absolute atomic E-state index is 14.4. The molecule has 1 saturated carbocycles. The molecule has 250 valence electrons. The fourth-order valence-corrected chi connectivity index (χ4v) is 10.4. The second kappa shape index (κ2) is 13.7. The number of carbonyl (C=O) groups is 1. The summed E-state index contributed by atoms with van der Waals surface area (Å²) in [4.78, 5) is 16.2. The number of aliphatic hydroxyl groups is 2. The van der Waals surface area contributed by atoms with E-state index >= 15 is 0 Å². The van der Waals surface area contributed by atoms with Crippen molar-refractivity contribution in [3.05, 3.63) is 104 Å². The van der Waals surface area contributed by atoms with Crippen LogP contribution in [0.5, 0.6) is 0 Å². The quantitative estimate of drug-likeness (QED) is 0.146. The maximum atomic E-state index is 14.4. The van der Waals surface area contributed by atoms with Crippen LogP contribution in [0.1, 0.15) is 89.5 Å². The molecular formula is C38H45NO5S3. The molecule has 6 nitrogen and oxygen atoms in total. The summed E-state index contributed by atoms with van der Waals surface area (Å²) in [5.74, 6) is -0.220. The Kier molecular flexibility index (Phi) is 9.96. The predicted molar refractivity (Wildman–Crippen MR) is 193 cm³/mol. The third-order valence-electron chi connectivity index (χ3n) is 10.7.